The van der Waals surface area contributed by atoms with Gasteiger partial charge in [0.1, 0.15) is 6.61 Å². The fourth-order valence-electron chi connectivity index (χ4n) is 17.9. The molecule has 0 spiro atoms. The van der Waals surface area contributed by atoms with Crippen molar-refractivity contribution >= 4 is 59.2 Å². The summed E-state index contributed by atoms with van der Waals surface area (Å²) in [5, 5.41) is 29.5. The number of nitrogens with one attached hydrogen (secondary N) is 2. The topological polar surface area (TPSA) is 250 Å². The van der Waals surface area contributed by atoms with Crippen LogP contribution in [0, 0.1) is 65.1 Å². The van der Waals surface area contributed by atoms with E-state index in [0.717, 1.165) is 102 Å². The van der Waals surface area contributed by atoms with E-state index in [2.05, 4.69) is 38.3 Å². The van der Waals surface area contributed by atoms with Crippen LogP contribution in [0.15, 0.2) is 24.3 Å². The number of rotatable bonds is 75. The molecule has 2 aliphatic rings. The van der Waals surface area contributed by atoms with Crippen LogP contribution in [0.3, 0.4) is 0 Å². The van der Waals surface area contributed by atoms with Crippen molar-refractivity contribution in [2.45, 2.75) is 369 Å². The van der Waals surface area contributed by atoms with Gasteiger partial charge in [0.2, 0.25) is 17.7 Å². The molecule has 19 nitrogen and oxygen atoms in total. The first-order chi connectivity index (χ1) is 55.0. The van der Waals surface area contributed by atoms with Crippen LogP contribution in [0.5, 0.6) is 0 Å². The second-order valence-electron chi connectivity index (χ2n) is 35.7. The van der Waals surface area contributed by atoms with E-state index in [1.54, 1.807) is 19.1 Å². The van der Waals surface area contributed by atoms with Gasteiger partial charge in [-0.25, -0.2) is 0 Å². The summed E-state index contributed by atoms with van der Waals surface area (Å²) in [4.78, 5) is 138. The number of ether oxygens (including phenoxy) is 2. The summed E-state index contributed by atoms with van der Waals surface area (Å²) in [5.74, 6) is -16.8. The van der Waals surface area contributed by atoms with E-state index in [-0.39, 0.29) is 70.2 Å². The lowest BCUT2D eigenvalue weighted by molar-refractivity contribution is -0.161. The van der Waals surface area contributed by atoms with Crippen LogP contribution in [-0.4, -0.2) is 160 Å². The van der Waals surface area contributed by atoms with Crippen molar-refractivity contribution in [2.75, 3.05) is 86.5 Å². The average molecular weight is 1600 g/mol. The number of anilines is 1. The first-order valence-electron chi connectivity index (χ1n) is 46.8. The van der Waals surface area contributed by atoms with Crippen LogP contribution < -0.4 is 15.5 Å². The molecule has 2 saturated heterocycles. The quantitative estimate of drug-likeness (QED) is 0.0205. The number of unbranched alkanes of at least 4 members (excludes halogenated alkanes) is 39. The molecular formula is C95H168N6O13. The van der Waals surface area contributed by atoms with Crippen molar-refractivity contribution in [1.82, 2.24) is 25.3 Å². The van der Waals surface area contributed by atoms with E-state index in [9.17, 15) is 34.2 Å². The average Bonchev–Trinajstić information content (AvgIpc) is 1.62. The Morgan fingerprint density at radius 2 is 0.912 bits per heavy atom. The zero-order valence-electron chi connectivity index (χ0n) is 74.3. The molecule has 114 heavy (non-hydrogen) atoms. The first-order valence-corrected chi connectivity index (χ1v) is 46.8. The van der Waals surface area contributed by atoms with Crippen LogP contribution >= 0.6 is 0 Å². The lowest BCUT2D eigenvalue weighted by Crippen LogP contribution is -2.42. The van der Waals surface area contributed by atoms with Crippen molar-refractivity contribution in [3.05, 3.63) is 29.8 Å². The number of amides is 4. The molecular weight excluding hydrogens is 1430 g/mol. The minimum Gasteiger partial charge on any atom is -0.481 e. The van der Waals surface area contributed by atoms with Gasteiger partial charge in [0.15, 0.2) is 0 Å². The van der Waals surface area contributed by atoms with Crippen molar-refractivity contribution in [3.8, 4) is 0 Å². The molecule has 1 aromatic carbocycles. The number of esters is 3. The molecule has 0 aromatic heterocycles. The van der Waals surface area contributed by atoms with Gasteiger partial charge in [-0.1, -0.05) is 311 Å². The van der Waals surface area contributed by atoms with E-state index >= 15 is 19.2 Å². The lowest BCUT2D eigenvalue weighted by Gasteiger charge is -2.35. The molecule has 2 heterocycles. The number of likely N-dealkylation sites (tertiary alicyclic amines) is 1. The number of nitrogens with zero attached hydrogens (tertiary/aromatic N) is 4. The fraction of sp³-hybridized carbons (Fsp3) is 0.842. The molecule has 3 rings (SSSR count). The number of carbonyl (C=O) groups is 9. The van der Waals surface area contributed by atoms with Crippen molar-refractivity contribution < 1.29 is 62.8 Å². The third kappa shape index (κ3) is 43.3. The summed E-state index contributed by atoms with van der Waals surface area (Å²) in [6, 6.07) is 7.18. The molecule has 1 aromatic rings. The highest BCUT2D eigenvalue weighted by atomic mass is 16.6. The van der Waals surface area contributed by atoms with Crippen molar-refractivity contribution in [1.29, 1.82) is 0 Å². The Kier molecular flexibility index (Phi) is 57.4. The number of hydrogen-bond donors (Lipinski definition) is 4. The summed E-state index contributed by atoms with van der Waals surface area (Å²) in [5.41, 5.74) is 1.37. The Balaban J connectivity index is 2.23. The Morgan fingerprint density at radius 3 is 1.33 bits per heavy atom. The van der Waals surface area contributed by atoms with Crippen LogP contribution in [0.25, 0.3) is 0 Å². The highest BCUT2D eigenvalue weighted by molar-refractivity contribution is 6.05. The normalized spacial score (nSPS) is 17.6. The second-order valence-corrected chi connectivity index (χ2v) is 35.7. The van der Waals surface area contributed by atoms with E-state index in [1.165, 1.54) is 172 Å². The zero-order valence-corrected chi connectivity index (χ0v) is 74.3. The number of aliphatic carboxylic acids is 2. The van der Waals surface area contributed by atoms with Gasteiger partial charge in [-0.05, 0) is 141 Å². The third-order valence-electron chi connectivity index (χ3n) is 25.0. The number of carboxylic acid groups (broad SMARTS) is 2. The van der Waals surface area contributed by atoms with Gasteiger partial charge in [0, 0.05) is 38.4 Å². The standard InChI is InChI=1S/C95H168N6O13/c1-12-15-18-21-24-27-30-33-36-39-42-45-48-51-56-74(4)71-84(94(111)113-70-66-97-87(102)76-59-61-79(62-60-76)100(10)11)86(92(108)109)78(58-53-50-47-44-41-38-35-32-29-26-23-20-17-14-3)73-83-85(90(105)101(89(83)104)69-55-68-99(8)9)77(57-52-49-46-43-40-37-34-31-28-25-22-19-16-13-2)72-82(88(103)96-65-54-67-98(6)7)81(91(106)107)64-63-80-75(5)93(110)114-95(80)112/h59-62,74-75,77-78,80-86H,12-58,63-73H2,1-11H3,(H,96,103)(H,97,102)(H,106,107)(H,108,109). The number of benzene rings is 1. The Labute approximate surface area is 693 Å². The summed E-state index contributed by atoms with van der Waals surface area (Å²) in [7, 11) is 11.6. The van der Waals surface area contributed by atoms with Crippen LogP contribution in [0.1, 0.15) is 379 Å². The number of cyclic esters (lactones) is 2. The molecule has 0 bridgehead atoms. The van der Waals surface area contributed by atoms with Crippen LogP contribution in [0.4, 0.5) is 5.69 Å². The molecule has 0 saturated carbocycles. The molecule has 0 radical (unpaired) electrons. The second kappa shape index (κ2) is 63.6. The molecule has 19 heteroatoms. The maximum absolute atomic E-state index is 16.1. The molecule has 2 aliphatic heterocycles. The maximum atomic E-state index is 16.1. The fourth-order valence-corrected chi connectivity index (χ4v) is 17.9. The van der Waals surface area contributed by atoms with E-state index in [4.69, 9.17) is 9.47 Å². The van der Waals surface area contributed by atoms with Gasteiger partial charge >= 0.3 is 29.8 Å². The first kappa shape index (κ1) is 103. The lowest BCUT2D eigenvalue weighted by atomic mass is 9.67. The van der Waals surface area contributed by atoms with E-state index < -0.39 is 107 Å². The summed E-state index contributed by atoms with van der Waals surface area (Å²) in [6.45, 7) is 11.8. The monoisotopic (exact) mass is 1600 g/mol. The highest BCUT2D eigenvalue weighted by Gasteiger charge is 2.54. The van der Waals surface area contributed by atoms with Crippen molar-refractivity contribution in [2.24, 2.45) is 65.1 Å². The maximum Gasteiger partial charge on any atom is 0.317 e. The molecule has 4 amide bonds. The summed E-state index contributed by atoms with van der Waals surface area (Å²) < 4.78 is 11.2. The number of imide groups is 1. The largest absolute Gasteiger partial charge is 0.481 e. The predicted octanol–water partition coefficient (Wildman–Crippen LogP) is 21.0. The number of carbonyl (C=O) groups excluding carboxylic acids is 7. The van der Waals surface area contributed by atoms with E-state index in [0.29, 0.717) is 57.2 Å². The van der Waals surface area contributed by atoms with Gasteiger partial charge < -0.3 is 45.0 Å². The van der Waals surface area contributed by atoms with Gasteiger partial charge in [-0.2, -0.15) is 0 Å². The van der Waals surface area contributed by atoms with Crippen LogP contribution in [-0.2, 0) is 47.8 Å². The minimum absolute atomic E-state index is 0.0178. The SMILES string of the molecule is CCCCCCCCCCCCCCCCC(C)CC(C(=O)OCCNC(=O)c1ccc(N(C)C)cc1)C(C(=O)O)C(CCCCCCCCCCCCCCCC)CC1C(=O)N(CCCN(C)C)C(=O)C1C(CCCCCCCCCCCCCCCC)CC(C(=O)NCCCN(C)C)C(CCC1C(=O)OC(=O)C1C)C(=O)O. The van der Waals surface area contributed by atoms with E-state index in [1.807, 2.05) is 69.1 Å². The molecule has 4 N–H and O–H groups in total. The summed E-state index contributed by atoms with van der Waals surface area (Å²) >= 11 is 0. The Hall–Kier alpha value is -5.43. The van der Waals surface area contributed by atoms with Crippen LogP contribution in [0.2, 0.25) is 0 Å². The molecule has 2 fully saturated rings. The van der Waals surface area contributed by atoms with Crippen molar-refractivity contribution in [3.63, 3.8) is 0 Å². The van der Waals surface area contributed by atoms with Gasteiger partial charge in [-0.15, -0.1) is 0 Å². The van der Waals surface area contributed by atoms with Gasteiger partial charge in [0.05, 0.1) is 53.9 Å². The third-order valence-corrected chi connectivity index (χ3v) is 25.0. The van der Waals surface area contributed by atoms with Gasteiger partial charge in [0.25, 0.3) is 5.91 Å². The molecule has 11 atom stereocenters. The number of hydrogen-bond acceptors (Lipinski definition) is 14. The molecule has 11 unspecified atom stereocenters. The Bertz CT molecular complexity index is 2760. The van der Waals surface area contributed by atoms with Gasteiger partial charge in [-0.3, -0.25) is 48.1 Å². The minimum atomic E-state index is -1.36. The highest BCUT2D eigenvalue weighted by Crippen LogP contribution is 2.47. The predicted molar refractivity (Wildman–Crippen MR) is 464 cm³/mol. The Morgan fingerprint density at radius 1 is 0.474 bits per heavy atom. The molecule has 656 valence electrons. The summed E-state index contributed by atoms with van der Waals surface area (Å²) in [6.07, 6.45) is 50.9. The smallest absolute Gasteiger partial charge is 0.317 e. The molecule has 0 aliphatic carbocycles. The zero-order chi connectivity index (χ0) is 83.7. The number of carboxylic acids is 2.